The summed E-state index contributed by atoms with van der Waals surface area (Å²) in [7, 11) is 0. The number of carbonyl (C=O) groups is 1. The molecule has 3 nitrogen and oxygen atoms in total. The van der Waals surface area contributed by atoms with Gasteiger partial charge in [-0.1, -0.05) is 56.7 Å². The van der Waals surface area contributed by atoms with Crippen LogP contribution in [0.5, 0.6) is 0 Å². The average molecular weight is 327 g/mol. The predicted molar refractivity (Wildman–Crippen MR) is 99.9 cm³/mol. The normalized spacial score (nSPS) is 17.4. The second-order valence-electron chi connectivity index (χ2n) is 6.30. The zero-order valence-corrected chi connectivity index (χ0v) is 15.2. The second-order valence-corrected chi connectivity index (χ2v) is 6.30. The van der Waals surface area contributed by atoms with Gasteiger partial charge in [0.1, 0.15) is 0 Å². The fraction of sp³-hybridized carbons (Fsp3) is 0.476. The molecule has 0 aliphatic carbocycles. The molecule has 130 valence electrons. The minimum atomic E-state index is 0.113. The van der Waals surface area contributed by atoms with Crippen molar-refractivity contribution in [2.24, 2.45) is 0 Å². The lowest BCUT2D eigenvalue weighted by molar-refractivity contribution is -0.129. The van der Waals surface area contributed by atoms with Crippen LogP contribution in [-0.4, -0.2) is 37.1 Å². The highest BCUT2D eigenvalue weighted by Crippen LogP contribution is 2.24. The number of ether oxygens (including phenoxy) is 1. The molecule has 24 heavy (non-hydrogen) atoms. The van der Waals surface area contributed by atoms with Gasteiger partial charge in [0.05, 0.1) is 18.8 Å². The van der Waals surface area contributed by atoms with E-state index in [1.807, 2.05) is 29.2 Å². The molecular weight excluding hydrogens is 298 g/mol. The molecule has 1 aliphatic rings. The molecule has 0 atom stereocenters. The summed E-state index contributed by atoms with van der Waals surface area (Å²) >= 11 is 0. The van der Waals surface area contributed by atoms with Crippen LogP contribution < -0.4 is 10.4 Å². The van der Waals surface area contributed by atoms with Gasteiger partial charge in [-0.2, -0.15) is 0 Å². The van der Waals surface area contributed by atoms with Crippen LogP contribution in [0.4, 0.5) is 0 Å². The van der Waals surface area contributed by atoms with Gasteiger partial charge in [0.25, 0.3) is 5.91 Å². The van der Waals surface area contributed by atoms with E-state index >= 15 is 0 Å². The highest BCUT2D eigenvalue weighted by atomic mass is 16.5. The molecule has 0 bridgehead atoms. The van der Waals surface area contributed by atoms with Gasteiger partial charge in [-0.25, -0.2) is 0 Å². The van der Waals surface area contributed by atoms with Crippen LogP contribution in [0, 0.1) is 0 Å². The number of nitrogens with zero attached hydrogens (tertiary/aromatic N) is 1. The van der Waals surface area contributed by atoms with Crippen molar-refractivity contribution in [3.63, 3.8) is 0 Å². The van der Waals surface area contributed by atoms with Crippen molar-refractivity contribution in [3.05, 3.63) is 45.8 Å². The Bertz CT molecular complexity index is 712. The third kappa shape index (κ3) is 4.15. The molecule has 0 N–H and O–H groups in total. The molecule has 0 aromatic heterocycles. The first-order chi connectivity index (χ1) is 11.6. The predicted octanol–water partition coefficient (Wildman–Crippen LogP) is 2.63. The maximum Gasteiger partial charge on any atom is 0.254 e. The van der Waals surface area contributed by atoms with Crippen LogP contribution >= 0.6 is 0 Å². The van der Waals surface area contributed by atoms with Crippen molar-refractivity contribution < 1.29 is 9.53 Å². The molecule has 1 aliphatic heterocycles. The van der Waals surface area contributed by atoms with Crippen molar-refractivity contribution in [2.45, 2.75) is 40.0 Å². The van der Waals surface area contributed by atoms with E-state index < -0.39 is 0 Å². The quantitative estimate of drug-likeness (QED) is 0.832. The Labute approximate surface area is 145 Å². The van der Waals surface area contributed by atoms with E-state index in [-0.39, 0.29) is 5.91 Å². The molecule has 3 heteroatoms. The minimum absolute atomic E-state index is 0.113. The number of carbonyl (C=O) groups excluding carboxylic acids is 1. The summed E-state index contributed by atoms with van der Waals surface area (Å²) in [5.41, 5.74) is 3.31. The van der Waals surface area contributed by atoms with Crippen LogP contribution in [0.15, 0.2) is 35.4 Å². The van der Waals surface area contributed by atoms with Gasteiger partial charge in [-0.3, -0.25) is 4.79 Å². The number of hydrogen-bond donors (Lipinski definition) is 0. The van der Waals surface area contributed by atoms with Crippen molar-refractivity contribution in [2.75, 3.05) is 26.3 Å². The molecule has 0 saturated carbocycles. The van der Waals surface area contributed by atoms with Gasteiger partial charge in [0.2, 0.25) is 0 Å². The smallest absolute Gasteiger partial charge is 0.254 e. The molecule has 1 heterocycles. The van der Waals surface area contributed by atoms with Crippen molar-refractivity contribution in [1.29, 1.82) is 0 Å². The maximum atomic E-state index is 13.3. The third-order valence-electron chi connectivity index (χ3n) is 4.59. The number of morpholine rings is 1. The first-order valence-corrected chi connectivity index (χ1v) is 8.94. The molecule has 1 saturated heterocycles. The Hall–Kier alpha value is -1.87. The Morgan fingerprint density at radius 3 is 2.46 bits per heavy atom. The van der Waals surface area contributed by atoms with E-state index in [0.29, 0.717) is 26.3 Å². The van der Waals surface area contributed by atoms with Gasteiger partial charge in [-0.15, -0.1) is 0 Å². The molecule has 1 aromatic rings. The Balaban J connectivity index is 2.65. The summed E-state index contributed by atoms with van der Waals surface area (Å²) in [6.45, 7) is 13.2. The first-order valence-electron chi connectivity index (χ1n) is 8.94. The lowest BCUT2D eigenvalue weighted by atomic mass is 9.92. The molecule has 0 unspecified atom stereocenters. The molecule has 0 radical (unpaired) electrons. The topological polar surface area (TPSA) is 29.5 Å². The number of allylic oxidation sites excluding steroid dienone is 1. The lowest BCUT2D eigenvalue weighted by Gasteiger charge is -2.29. The third-order valence-corrected chi connectivity index (χ3v) is 4.59. The van der Waals surface area contributed by atoms with Gasteiger partial charge in [0, 0.05) is 13.1 Å². The second kappa shape index (κ2) is 8.84. The largest absolute Gasteiger partial charge is 0.378 e. The average Bonchev–Trinajstić information content (AvgIpc) is 2.61. The van der Waals surface area contributed by atoms with E-state index in [1.165, 1.54) is 11.1 Å². The van der Waals surface area contributed by atoms with E-state index in [2.05, 4.69) is 27.4 Å². The van der Waals surface area contributed by atoms with E-state index in [9.17, 15) is 4.79 Å². The highest BCUT2D eigenvalue weighted by molar-refractivity contribution is 6.19. The monoisotopic (exact) mass is 327 g/mol. The number of rotatable bonds is 5. The van der Waals surface area contributed by atoms with Crippen LogP contribution in [0.1, 0.15) is 40.0 Å². The summed E-state index contributed by atoms with van der Waals surface area (Å²) in [6.07, 6.45) is 2.95. The molecule has 1 fully saturated rings. The van der Waals surface area contributed by atoms with E-state index in [0.717, 1.165) is 35.3 Å². The summed E-state index contributed by atoms with van der Waals surface area (Å²) in [4.78, 5) is 15.2. The number of benzene rings is 1. The van der Waals surface area contributed by atoms with Gasteiger partial charge >= 0.3 is 0 Å². The van der Waals surface area contributed by atoms with E-state index in [4.69, 9.17) is 4.74 Å². The Morgan fingerprint density at radius 1 is 1.21 bits per heavy atom. The summed E-state index contributed by atoms with van der Waals surface area (Å²) in [5.74, 6) is 0.113. The lowest BCUT2D eigenvalue weighted by Crippen LogP contribution is -2.43. The fourth-order valence-corrected chi connectivity index (χ4v) is 3.31. The van der Waals surface area contributed by atoms with Crippen molar-refractivity contribution in [1.82, 2.24) is 4.90 Å². The zero-order chi connectivity index (χ0) is 17.5. The number of hydrogen-bond acceptors (Lipinski definition) is 2. The summed E-state index contributed by atoms with van der Waals surface area (Å²) in [5, 5.41) is 1.87. The molecule has 2 rings (SSSR count). The molecule has 1 amide bonds. The summed E-state index contributed by atoms with van der Waals surface area (Å²) < 4.78 is 5.40. The Morgan fingerprint density at radius 2 is 1.88 bits per heavy atom. The van der Waals surface area contributed by atoms with Crippen molar-refractivity contribution >= 4 is 18.1 Å². The zero-order valence-electron chi connectivity index (χ0n) is 15.2. The highest BCUT2D eigenvalue weighted by Gasteiger charge is 2.24. The van der Waals surface area contributed by atoms with Gasteiger partial charge < -0.3 is 9.64 Å². The van der Waals surface area contributed by atoms with Crippen LogP contribution in [0.3, 0.4) is 0 Å². The molecular formula is C21H29NO2. The maximum absolute atomic E-state index is 13.3. The number of amides is 1. The SMILES string of the molecule is C=c1cccc/c1=C(C(=O)N1CCOCC1)/C(CC)=C(\C)CCC. The van der Waals surface area contributed by atoms with Crippen LogP contribution in [-0.2, 0) is 9.53 Å². The minimum Gasteiger partial charge on any atom is -0.378 e. The van der Waals surface area contributed by atoms with Gasteiger partial charge in [0.15, 0.2) is 0 Å². The van der Waals surface area contributed by atoms with Gasteiger partial charge in [-0.05, 0) is 35.8 Å². The van der Waals surface area contributed by atoms with Crippen LogP contribution in [0.25, 0.3) is 12.2 Å². The fourth-order valence-electron chi connectivity index (χ4n) is 3.31. The van der Waals surface area contributed by atoms with E-state index in [1.54, 1.807) is 0 Å². The molecule has 0 spiro atoms. The Kier molecular flexibility index (Phi) is 6.80. The standard InChI is InChI=1S/C21H29NO2/c1-5-9-16(3)18(6-2)20(19-11-8-7-10-17(19)4)21(23)22-12-14-24-15-13-22/h7-8,10-11H,4-6,9,12-15H2,1-3H3/b18-16+,20-19+. The molecule has 1 aromatic carbocycles. The van der Waals surface area contributed by atoms with Crippen molar-refractivity contribution in [3.8, 4) is 0 Å². The first kappa shape index (κ1) is 18.5. The van der Waals surface area contributed by atoms with Crippen LogP contribution in [0.2, 0.25) is 0 Å². The summed E-state index contributed by atoms with van der Waals surface area (Å²) in [6, 6.07) is 7.95.